The summed E-state index contributed by atoms with van der Waals surface area (Å²) in [4.78, 5) is 0. The third-order valence-corrected chi connectivity index (χ3v) is 5.17. The highest BCUT2D eigenvalue weighted by atomic mass is 32.1. The Hall–Kier alpha value is -0.905. The highest BCUT2D eigenvalue weighted by Gasteiger charge is 2.52. The molecule has 1 aromatic rings. The lowest BCUT2D eigenvalue weighted by Crippen LogP contribution is -2.41. The topological polar surface area (TPSA) is 27.7 Å². The molecule has 2 aliphatic heterocycles. The van der Waals surface area contributed by atoms with E-state index in [1.54, 1.807) is 0 Å². The minimum Gasteiger partial charge on any atom is -0.493 e. The van der Waals surface area contributed by atoms with Crippen LogP contribution in [0.2, 0.25) is 0 Å². The molecule has 0 spiro atoms. The zero-order valence-electron chi connectivity index (χ0n) is 13.7. The molecule has 1 aromatic carbocycles. The molecule has 2 heterocycles. The first-order valence-electron chi connectivity index (χ1n) is 7.75. The van der Waals surface area contributed by atoms with Gasteiger partial charge in [0.15, 0.2) is 0 Å². The first-order valence-corrected chi connectivity index (χ1v) is 8.38. The fourth-order valence-electron chi connectivity index (χ4n) is 2.69. The zero-order valence-corrected chi connectivity index (χ0v) is 14.6. The van der Waals surface area contributed by atoms with Crippen molar-refractivity contribution in [2.24, 2.45) is 0 Å². The molecule has 0 unspecified atom stereocenters. The second-order valence-electron chi connectivity index (χ2n) is 6.93. The lowest BCUT2D eigenvalue weighted by molar-refractivity contribution is 0.00578. The minimum atomic E-state index is -0.341. The van der Waals surface area contributed by atoms with Crippen LogP contribution in [0.5, 0.6) is 5.75 Å². The van der Waals surface area contributed by atoms with E-state index in [1.807, 2.05) is 6.07 Å². The molecule has 3 rings (SSSR count). The Morgan fingerprint density at radius 1 is 1.23 bits per heavy atom. The molecule has 0 aliphatic carbocycles. The van der Waals surface area contributed by atoms with Gasteiger partial charge in [-0.25, -0.2) is 0 Å². The van der Waals surface area contributed by atoms with Crippen LogP contribution in [-0.4, -0.2) is 30.7 Å². The van der Waals surface area contributed by atoms with Crippen LogP contribution in [0.1, 0.15) is 38.8 Å². The van der Waals surface area contributed by atoms with Crippen LogP contribution < -0.4 is 4.74 Å². The summed E-state index contributed by atoms with van der Waals surface area (Å²) in [6, 6.07) is 6.28. The van der Waals surface area contributed by atoms with E-state index in [9.17, 15) is 0 Å². The van der Waals surface area contributed by atoms with Crippen LogP contribution in [0.15, 0.2) is 23.7 Å². The maximum atomic E-state index is 6.12. The maximum absolute atomic E-state index is 6.12. The normalized spacial score (nSPS) is 22.6. The predicted molar refractivity (Wildman–Crippen MR) is 93.6 cm³/mol. The monoisotopic (exact) mass is 318 g/mol. The third kappa shape index (κ3) is 2.82. The van der Waals surface area contributed by atoms with Crippen molar-refractivity contribution in [3.63, 3.8) is 0 Å². The Morgan fingerprint density at radius 2 is 1.91 bits per heavy atom. The van der Waals surface area contributed by atoms with Gasteiger partial charge in [0.05, 0.1) is 17.8 Å². The molecule has 22 heavy (non-hydrogen) atoms. The van der Waals surface area contributed by atoms with Gasteiger partial charge in [-0.2, -0.15) is 12.6 Å². The number of benzene rings is 1. The van der Waals surface area contributed by atoms with E-state index in [4.69, 9.17) is 14.0 Å². The van der Waals surface area contributed by atoms with Gasteiger partial charge in [0.2, 0.25) is 0 Å². The zero-order chi connectivity index (χ0) is 16.0. The van der Waals surface area contributed by atoms with Gasteiger partial charge in [-0.1, -0.05) is 12.1 Å². The number of thiol groups is 1. The van der Waals surface area contributed by atoms with E-state index in [2.05, 4.69) is 58.5 Å². The van der Waals surface area contributed by atoms with Gasteiger partial charge in [-0.05, 0) is 56.4 Å². The second-order valence-corrected chi connectivity index (χ2v) is 7.25. The van der Waals surface area contributed by atoms with Gasteiger partial charge in [0, 0.05) is 12.2 Å². The standard InChI is InChI=1S/C17H23BO3S/c1-16(2)17(3,4)21-18(20-16)14(11-22)10-12-5-6-15-13(9-12)7-8-19-15/h5-6,9-10,22H,7-8,11H2,1-4H3. The summed E-state index contributed by atoms with van der Waals surface area (Å²) in [5.41, 5.74) is 2.79. The Labute approximate surface area is 138 Å². The molecular formula is C17H23BO3S. The lowest BCUT2D eigenvalue weighted by Gasteiger charge is -2.32. The van der Waals surface area contributed by atoms with Crippen LogP contribution in [-0.2, 0) is 15.7 Å². The van der Waals surface area contributed by atoms with Gasteiger partial charge < -0.3 is 14.0 Å². The summed E-state index contributed by atoms with van der Waals surface area (Å²) in [7, 11) is -0.341. The molecule has 0 aromatic heterocycles. The van der Waals surface area contributed by atoms with Gasteiger partial charge in [-0.15, -0.1) is 0 Å². The van der Waals surface area contributed by atoms with Crippen molar-refractivity contribution in [3.8, 4) is 5.75 Å². The molecule has 1 saturated heterocycles. The molecule has 118 valence electrons. The Bertz CT molecular complexity index is 594. The maximum Gasteiger partial charge on any atom is 0.491 e. The average molecular weight is 318 g/mol. The van der Waals surface area contributed by atoms with E-state index in [1.165, 1.54) is 5.56 Å². The summed E-state index contributed by atoms with van der Waals surface area (Å²) in [5.74, 6) is 1.60. The predicted octanol–water partition coefficient (Wildman–Crippen LogP) is 3.57. The van der Waals surface area contributed by atoms with Crippen molar-refractivity contribution in [1.29, 1.82) is 0 Å². The van der Waals surface area contributed by atoms with Crippen molar-refractivity contribution >= 4 is 25.8 Å². The first kappa shape index (κ1) is 16.0. The van der Waals surface area contributed by atoms with E-state index >= 15 is 0 Å². The van der Waals surface area contributed by atoms with Crippen LogP contribution in [0.3, 0.4) is 0 Å². The minimum absolute atomic E-state index is 0.328. The van der Waals surface area contributed by atoms with E-state index in [-0.39, 0.29) is 18.3 Å². The summed E-state index contributed by atoms with van der Waals surface area (Å²) >= 11 is 4.46. The molecule has 0 atom stereocenters. The smallest absolute Gasteiger partial charge is 0.491 e. The van der Waals surface area contributed by atoms with E-state index in [0.29, 0.717) is 5.75 Å². The summed E-state index contributed by atoms with van der Waals surface area (Å²) < 4.78 is 17.8. The summed E-state index contributed by atoms with van der Waals surface area (Å²) in [6.07, 6.45) is 3.09. The van der Waals surface area contributed by atoms with Gasteiger partial charge in [-0.3, -0.25) is 0 Å². The molecule has 5 heteroatoms. The van der Waals surface area contributed by atoms with Crippen LogP contribution in [0.4, 0.5) is 0 Å². The largest absolute Gasteiger partial charge is 0.493 e. The number of hydrogen-bond acceptors (Lipinski definition) is 4. The van der Waals surface area contributed by atoms with Crippen molar-refractivity contribution in [2.75, 3.05) is 12.4 Å². The molecule has 2 aliphatic rings. The Morgan fingerprint density at radius 3 is 2.55 bits per heavy atom. The third-order valence-electron chi connectivity index (χ3n) is 4.80. The Kier molecular flexibility index (Phi) is 4.08. The number of hydrogen-bond donors (Lipinski definition) is 1. The molecule has 0 N–H and O–H groups in total. The molecular weight excluding hydrogens is 295 g/mol. The fourth-order valence-corrected chi connectivity index (χ4v) is 2.93. The van der Waals surface area contributed by atoms with E-state index in [0.717, 1.165) is 29.8 Å². The van der Waals surface area contributed by atoms with Gasteiger partial charge in [0.25, 0.3) is 0 Å². The molecule has 0 amide bonds. The molecule has 0 bridgehead atoms. The van der Waals surface area contributed by atoms with Crippen molar-refractivity contribution < 1.29 is 14.0 Å². The van der Waals surface area contributed by atoms with Gasteiger partial charge >= 0.3 is 7.12 Å². The van der Waals surface area contributed by atoms with Crippen LogP contribution >= 0.6 is 12.6 Å². The van der Waals surface area contributed by atoms with Crippen molar-refractivity contribution in [1.82, 2.24) is 0 Å². The van der Waals surface area contributed by atoms with Gasteiger partial charge in [0.1, 0.15) is 5.75 Å². The number of rotatable bonds is 3. The average Bonchev–Trinajstić information content (AvgIpc) is 2.98. The number of ether oxygens (including phenoxy) is 1. The number of fused-ring (bicyclic) bond motifs is 1. The van der Waals surface area contributed by atoms with Crippen molar-refractivity contribution in [3.05, 3.63) is 34.8 Å². The van der Waals surface area contributed by atoms with Crippen molar-refractivity contribution in [2.45, 2.75) is 45.3 Å². The Balaban J connectivity index is 1.86. The fraction of sp³-hybridized carbons (Fsp3) is 0.529. The van der Waals surface area contributed by atoms with Crippen LogP contribution in [0.25, 0.3) is 6.08 Å². The van der Waals surface area contributed by atoms with E-state index < -0.39 is 0 Å². The molecule has 3 nitrogen and oxygen atoms in total. The first-order chi connectivity index (χ1) is 10.3. The summed E-state index contributed by atoms with van der Waals surface area (Å²) in [5, 5.41) is 0. The molecule has 0 saturated carbocycles. The quantitative estimate of drug-likeness (QED) is 0.682. The second kappa shape index (κ2) is 5.62. The highest BCUT2D eigenvalue weighted by molar-refractivity contribution is 7.80. The lowest BCUT2D eigenvalue weighted by atomic mass is 9.78. The molecule has 0 radical (unpaired) electrons. The highest BCUT2D eigenvalue weighted by Crippen LogP contribution is 2.39. The summed E-state index contributed by atoms with van der Waals surface area (Å²) in [6.45, 7) is 9.04. The molecule has 1 fully saturated rings. The SMILES string of the molecule is CC1(C)OB(C(=Cc2ccc3c(c2)CCO3)CS)OC1(C)C. The van der Waals surface area contributed by atoms with Crippen LogP contribution in [0, 0.1) is 0 Å².